The average molecular weight is 275 g/mol. The molecule has 6 heteroatoms. The Morgan fingerprint density at radius 3 is 2.75 bits per heavy atom. The lowest BCUT2D eigenvalue weighted by Crippen LogP contribution is -2.40. The van der Waals surface area contributed by atoms with Gasteiger partial charge in [-0.1, -0.05) is 0 Å². The van der Waals surface area contributed by atoms with Crippen LogP contribution in [-0.4, -0.2) is 32.4 Å². The quantitative estimate of drug-likeness (QED) is 0.885. The monoisotopic (exact) mass is 275 g/mol. The summed E-state index contributed by atoms with van der Waals surface area (Å²) < 4.78 is 1.76. The third-order valence-electron chi connectivity index (χ3n) is 3.35. The van der Waals surface area contributed by atoms with Crippen molar-refractivity contribution in [2.24, 2.45) is 5.92 Å². The van der Waals surface area contributed by atoms with E-state index in [2.05, 4.69) is 10.3 Å². The topological polar surface area (TPSA) is 83.7 Å². The number of aryl methyl sites for hydroxylation is 1. The Bertz CT molecular complexity index is 663. The van der Waals surface area contributed by atoms with Gasteiger partial charge in [-0.25, -0.2) is 4.98 Å². The highest BCUT2D eigenvalue weighted by Crippen LogP contribution is 2.09. The lowest BCUT2D eigenvalue weighted by atomic mass is 10.0. The van der Waals surface area contributed by atoms with Crippen LogP contribution >= 0.6 is 0 Å². The lowest BCUT2D eigenvalue weighted by molar-refractivity contribution is -0.141. The second kappa shape index (κ2) is 5.32. The standard InChI is InChI=1S/C14H17N3O3/c1-8-4-5-17-7-11(16-12(17)6-8)13(18)15-10(3)9(2)14(19)20/h4-7,9-10H,1-3H3,(H,15,18)(H,19,20). The van der Waals surface area contributed by atoms with Crippen molar-refractivity contribution in [1.82, 2.24) is 14.7 Å². The molecule has 2 heterocycles. The van der Waals surface area contributed by atoms with Crippen molar-refractivity contribution in [3.63, 3.8) is 0 Å². The molecular weight excluding hydrogens is 258 g/mol. The van der Waals surface area contributed by atoms with Gasteiger partial charge < -0.3 is 14.8 Å². The molecule has 0 spiro atoms. The molecule has 2 aromatic rings. The first-order chi connectivity index (χ1) is 9.38. The van der Waals surface area contributed by atoms with Crippen LogP contribution < -0.4 is 5.32 Å². The van der Waals surface area contributed by atoms with Crippen LogP contribution in [0, 0.1) is 12.8 Å². The number of imidazole rings is 1. The zero-order valence-corrected chi connectivity index (χ0v) is 11.6. The summed E-state index contributed by atoms with van der Waals surface area (Å²) in [5.41, 5.74) is 2.03. The predicted molar refractivity (Wildman–Crippen MR) is 73.7 cm³/mol. The summed E-state index contributed by atoms with van der Waals surface area (Å²) in [7, 11) is 0. The number of amides is 1. The Kier molecular flexibility index (Phi) is 3.74. The predicted octanol–water partition coefficient (Wildman–Crippen LogP) is 1.48. The molecule has 2 rings (SSSR count). The van der Waals surface area contributed by atoms with Crippen LogP contribution in [0.4, 0.5) is 0 Å². The zero-order valence-electron chi connectivity index (χ0n) is 11.6. The summed E-state index contributed by atoms with van der Waals surface area (Å²) in [6, 6.07) is 3.33. The van der Waals surface area contributed by atoms with Crippen molar-refractivity contribution >= 4 is 17.5 Å². The van der Waals surface area contributed by atoms with Crippen molar-refractivity contribution in [1.29, 1.82) is 0 Å². The van der Waals surface area contributed by atoms with Gasteiger partial charge in [0.05, 0.1) is 5.92 Å². The maximum Gasteiger partial charge on any atom is 0.308 e. The number of carbonyl (C=O) groups is 2. The molecule has 0 aromatic carbocycles. The molecule has 2 aromatic heterocycles. The fraction of sp³-hybridized carbons (Fsp3) is 0.357. The van der Waals surface area contributed by atoms with E-state index in [1.54, 1.807) is 24.4 Å². The number of carboxylic acid groups (broad SMARTS) is 1. The highest BCUT2D eigenvalue weighted by atomic mass is 16.4. The summed E-state index contributed by atoms with van der Waals surface area (Å²) in [6.07, 6.45) is 3.46. The van der Waals surface area contributed by atoms with E-state index in [9.17, 15) is 9.59 Å². The number of carboxylic acids is 1. The van der Waals surface area contributed by atoms with Gasteiger partial charge in [-0.15, -0.1) is 0 Å². The van der Waals surface area contributed by atoms with E-state index in [1.807, 2.05) is 25.3 Å². The molecule has 2 unspecified atom stereocenters. The molecule has 0 aliphatic carbocycles. The molecule has 0 saturated heterocycles. The van der Waals surface area contributed by atoms with Crippen LogP contribution in [0.3, 0.4) is 0 Å². The molecule has 2 N–H and O–H groups in total. The smallest absolute Gasteiger partial charge is 0.308 e. The fourth-order valence-electron chi connectivity index (χ4n) is 1.81. The Hall–Kier alpha value is -2.37. The third-order valence-corrected chi connectivity index (χ3v) is 3.35. The number of pyridine rings is 1. The summed E-state index contributed by atoms with van der Waals surface area (Å²) in [6.45, 7) is 5.17. The number of hydrogen-bond donors (Lipinski definition) is 2. The number of aliphatic carboxylic acids is 1. The SMILES string of the molecule is Cc1ccn2cc(C(=O)NC(C)C(C)C(=O)O)nc2c1. The minimum absolute atomic E-state index is 0.278. The molecule has 106 valence electrons. The van der Waals surface area contributed by atoms with Gasteiger partial charge in [-0.05, 0) is 38.5 Å². The van der Waals surface area contributed by atoms with E-state index < -0.39 is 17.9 Å². The third kappa shape index (κ3) is 2.79. The molecule has 0 fully saturated rings. The Balaban J connectivity index is 2.17. The minimum atomic E-state index is -0.941. The van der Waals surface area contributed by atoms with Crippen LogP contribution in [0.25, 0.3) is 5.65 Å². The average Bonchev–Trinajstić information content (AvgIpc) is 2.80. The van der Waals surface area contributed by atoms with Crippen molar-refractivity contribution in [3.05, 3.63) is 35.8 Å². The first-order valence-corrected chi connectivity index (χ1v) is 6.37. The Labute approximate surface area is 116 Å². The highest BCUT2D eigenvalue weighted by molar-refractivity contribution is 5.93. The number of nitrogens with zero attached hydrogens (tertiary/aromatic N) is 2. The van der Waals surface area contributed by atoms with Gasteiger partial charge in [-0.2, -0.15) is 0 Å². The Morgan fingerprint density at radius 2 is 2.10 bits per heavy atom. The molecule has 20 heavy (non-hydrogen) atoms. The van der Waals surface area contributed by atoms with Crippen molar-refractivity contribution in [2.75, 3.05) is 0 Å². The second-order valence-electron chi connectivity index (χ2n) is 4.98. The maximum atomic E-state index is 12.1. The maximum absolute atomic E-state index is 12.1. The first kappa shape index (κ1) is 14.0. The van der Waals surface area contributed by atoms with E-state index in [4.69, 9.17) is 5.11 Å². The molecule has 0 aliphatic rings. The van der Waals surface area contributed by atoms with Crippen LogP contribution in [0.1, 0.15) is 29.9 Å². The van der Waals surface area contributed by atoms with Gasteiger partial charge in [0.1, 0.15) is 11.3 Å². The van der Waals surface area contributed by atoms with Gasteiger partial charge in [0.25, 0.3) is 5.91 Å². The van der Waals surface area contributed by atoms with Gasteiger partial charge in [0, 0.05) is 18.4 Å². The van der Waals surface area contributed by atoms with Crippen LogP contribution in [-0.2, 0) is 4.79 Å². The molecule has 0 radical (unpaired) electrons. The number of carbonyl (C=O) groups excluding carboxylic acids is 1. The van der Waals surface area contributed by atoms with Gasteiger partial charge >= 0.3 is 5.97 Å². The molecule has 2 atom stereocenters. The van der Waals surface area contributed by atoms with Crippen molar-refractivity contribution in [3.8, 4) is 0 Å². The fourth-order valence-corrected chi connectivity index (χ4v) is 1.81. The highest BCUT2D eigenvalue weighted by Gasteiger charge is 2.22. The number of nitrogens with one attached hydrogen (secondary N) is 1. The zero-order chi connectivity index (χ0) is 14.9. The van der Waals surface area contributed by atoms with Crippen molar-refractivity contribution in [2.45, 2.75) is 26.8 Å². The molecule has 6 nitrogen and oxygen atoms in total. The molecular formula is C14H17N3O3. The van der Waals surface area contributed by atoms with Crippen LogP contribution in [0.15, 0.2) is 24.5 Å². The Morgan fingerprint density at radius 1 is 1.40 bits per heavy atom. The molecule has 0 bridgehead atoms. The second-order valence-corrected chi connectivity index (χ2v) is 4.98. The lowest BCUT2D eigenvalue weighted by Gasteiger charge is -2.16. The van der Waals surface area contributed by atoms with E-state index in [0.717, 1.165) is 5.56 Å². The normalized spacial score (nSPS) is 13.9. The van der Waals surface area contributed by atoms with Gasteiger partial charge in [0.15, 0.2) is 0 Å². The molecule has 0 saturated carbocycles. The molecule has 0 aliphatic heterocycles. The summed E-state index contributed by atoms with van der Waals surface area (Å²) in [5, 5.41) is 11.6. The van der Waals surface area contributed by atoms with Crippen LogP contribution in [0.2, 0.25) is 0 Å². The van der Waals surface area contributed by atoms with E-state index in [0.29, 0.717) is 5.65 Å². The van der Waals surface area contributed by atoms with Gasteiger partial charge in [-0.3, -0.25) is 9.59 Å². The summed E-state index contributed by atoms with van der Waals surface area (Å²) >= 11 is 0. The van der Waals surface area contributed by atoms with Gasteiger partial charge in [0.2, 0.25) is 0 Å². The van der Waals surface area contributed by atoms with E-state index in [-0.39, 0.29) is 11.6 Å². The number of fused-ring (bicyclic) bond motifs is 1. The number of aromatic nitrogens is 2. The van der Waals surface area contributed by atoms with E-state index >= 15 is 0 Å². The largest absolute Gasteiger partial charge is 0.481 e. The molecule has 1 amide bonds. The summed E-state index contributed by atoms with van der Waals surface area (Å²) in [5.74, 6) is -1.96. The summed E-state index contributed by atoms with van der Waals surface area (Å²) in [4.78, 5) is 27.2. The van der Waals surface area contributed by atoms with Crippen molar-refractivity contribution < 1.29 is 14.7 Å². The number of hydrogen-bond acceptors (Lipinski definition) is 3. The number of rotatable bonds is 4. The first-order valence-electron chi connectivity index (χ1n) is 6.37. The van der Waals surface area contributed by atoms with Crippen LogP contribution in [0.5, 0.6) is 0 Å². The minimum Gasteiger partial charge on any atom is -0.481 e. The van der Waals surface area contributed by atoms with E-state index in [1.165, 1.54) is 0 Å².